The summed E-state index contributed by atoms with van der Waals surface area (Å²) in [6.07, 6.45) is 0.215. The standard InChI is InChI=1S/C14H14N2O3/c1-9-10(7-8-15)16-14(19-9)13-11(17-2)5-4-6-12(13)18-3/h4-6H,7H2,1-3H3. The lowest BCUT2D eigenvalue weighted by molar-refractivity contribution is 0.393. The van der Waals surface area contributed by atoms with Crippen LogP contribution in [0.2, 0.25) is 0 Å². The number of aromatic nitrogens is 1. The monoisotopic (exact) mass is 258 g/mol. The maximum atomic E-state index is 8.74. The van der Waals surface area contributed by atoms with Crippen LogP contribution in [0.15, 0.2) is 22.6 Å². The zero-order valence-corrected chi connectivity index (χ0v) is 11.1. The molecule has 1 heterocycles. The first-order valence-electron chi connectivity index (χ1n) is 5.75. The summed E-state index contributed by atoms with van der Waals surface area (Å²) in [7, 11) is 3.15. The fraction of sp³-hybridized carbons (Fsp3) is 0.286. The van der Waals surface area contributed by atoms with Gasteiger partial charge in [-0.05, 0) is 19.1 Å². The third-order valence-corrected chi connectivity index (χ3v) is 2.78. The van der Waals surface area contributed by atoms with Crippen molar-refractivity contribution in [3.63, 3.8) is 0 Å². The van der Waals surface area contributed by atoms with E-state index < -0.39 is 0 Å². The van der Waals surface area contributed by atoms with Crippen LogP contribution < -0.4 is 9.47 Å². The Labute approximate surface area is 111 Å². The first-order valence-corrected chi connectivity index (χ1v) is 5.75. The molecule has 1 aromatic carbocycles. The largest absolute Gasteiger partial charge is 0.496 e. The molecular formula is C14H14N2O3. The number of ether oxygens (including phenoxy) is 2. The topological polar surface area (TPSA) is 68.3 Å². The second-order valence-corrected chi connectivity index (χ2v) is 3.89. The number of oxazole rings is 1. The van der Waals surface area contributed by atoms with Crippen LogP contribution in [0.4, 0.5) is 0 Å². The van der Waals surface area contributed by atoms with E-state index in [1.54, 1.807) is 33.3 Å². The summed E-state index contributed by atoms with van der Waals surface area (Å²) in [6, 6.07) is 7.50. The van der Waals surface area contributed by atoms with Crippen LogP contribution >= 0.6 is 0 Å². The smallest absolute Gasteiger partial charge is 0.234 e. The van der Waals surface area contributed by atoms with Crippen LogP contribution in [-0.2, 0) is 6.42 Å². The summed E-state index contributed by atoms with van der Waals surface area (Å²) < 4.78 is 16.2. The van der Waals surface area contributed by atoms with Gasteiger partial charge in [0.15, 0.2) is 0 Å². The Morgan fingerprint density at radius 1 is 1.26 bits per heavy atom. The molecule has 0 aliphatic heterocycles. The SMILES string of the molecule is COc1cccc(OC)c1-c1nc(CC#N)c(C)o1. The van der Waals surface area contributed by atoms with Crippen molar-refractivity contribution in [3.05, 3.63) is 29.7 Å². The quantitative estimate of drug-likeness (QED) is 0.843. The van der Waals surface area contributed by atoms with E-state index in [9.17, 15) is 0 Å². The predicted octanol–water partition coefficient (Wildman–Crippen LogP) is 2.73. The molecule has 98 valence electrons. The second-order valence-electron chi connectivity index (χ2n) is 3.89. The molecule has 2 aromatic rings. The van der Waals surface area contributed by atoms with Gasteiger partial charge < -0.3 is 13.9 Å². The number of hydrogen-bond donors (Lipinski definition) is 0. The molecule has 0 spiro atoms. The predicted molar refractivity (Wildman–Crippen MR) is 69.1 cm³/mol. The molecule has 0 fully saturated rings. The first kappa shape index (κ1) is 13.0. The van der Waals surface area contributed by atoms with Gasteiger partial charge in [-0.15, -0.1) is 0 Å². The number of hydrogen-bond acceptors (Lipinski definition) is 5. The summed E-state index contributed by atoms with van der Waals surface area (Å²) in [5.41, 5.74) is 1.28. The molecule has 0 aliphatic rings. The molecule has 0 amide bonds. The minimum Gasteiger partial charge on any atom is -0.496 e. The molecular weight excluding hydrogens is 244 g/mol. The van der Waals surface area contributed by atoms with Crippen molar-refractivity contribution in [3.8, 4) is 29.0 Å². The Balaban J connectivity index is 2.58. The number of benzene rings is 1. The summed E-state index contributed by atoms with van der Waals surface area (Å²) >= 11 is 0. The minimum atomic E-state index is 0.215. The zero-order chi connectivity index (χ0) is 13.8. The number of rotatable bonds is 4. The molecule has 1 aromatic heterocycles. The van der Waals surface area contributed by atoms with E-state index in [1.165, 1.54) is 0 Å². The third kappa shape index (κ3) is 2.38. The van der Waals surface area contributed by atoms with Crippen LogP contribution in [0.25, 0.3) is 11.5 Å². The molecule has 5 heteroatoms. The summed E-state index contributed by atoms with van der Waals surface area (Å²) in [5, 5.41) is 8.74. The fourth-order valence-electron chi connectivity index (χ4n) is 1.84. The Kier molecular flexibility index (Phi) is 3.71. The highest BCUT2D eigenvalue weighted by atomic mass is 16.5. The average Bonchev–Trinajstić information content (AvgIpc) is 2.79. The molecule has 0 N–H and O–H groups in total. The van der Waals surface area contributed by atoms with E-state index in [2.05, 4.69) is 11.1 Å². The van der Waals surface area contributed by atoms with E-state index in [1.807, 2.05) is 6.07 Å². The van der Waals surface area contributed by atoms with E-state index in [0.29, 0.717) is 34.4 Å². The number of aryl methyl sites for hydroxylation is 1. The van der Waals surface area contributed by atoms with Gasteiger partial charge in [-0.25, -0.2) is 4.98 Å². The van der Waals surface area contributed by atoms with Gasteiger partial charge in [0, 0.05) is 0 Å². The number of nitrogens with zero attached hydrogens (tertiary/aromatic N) is 2. The van der Waals surface area contributed by atoms with Gasteiger partial charge in [-0.1, -0.05) is 6.07 Å². The Morgan fingerprint density at radius 2 is 1.89 bits per heavy atom. The molecule has 0 saturated carbocycles. The van der Waals surface area contributed by atoms with Gasteiger partial charge in [0.05, 0.1) is 32.4 Å². The Morgan fingerprint density at radius 3 is 2.42 bits per heavy atom. The van der Waals surface area contributed by atoms with Gasteiger partial charge in [0.1, 0.15) is 22.8 Å². The van der Waals surface area contributed by atoms with Crippen molar-refractivity contribution in [1.29, 1.82) is 5.26 Å². The molecule has 5 nitrogen and oxygen atoms in total. The third-order valence-electron chi connectivity index (χ3n) is 2.78. The van der Waals surface area contributed by atoms with Crippen molar-refractivity contribution in [2.24, 2.45) is 0 Å². The van der Waals surface area contributed by atoms with Crippen LogP contribution in [0.5, 0.6) is 11.5 Å². The van der Waals surface area contributed by atoms with E-state index >= 15 is 0 Å². The summed E-state index contributed by atoms with van der Waals surface area (Å²) in [5.74, 6) is 2.26. The average molecular weight is 258 g/mol. The van der Waals surface area contributed by atoms with Gasteiger partial charge in [0.25, 0.3) is 0 Å². The maximum absolute atomic E-state index is 8.74. The van der Waals surface area contributed by atoms with Crippen molar-refractivity contribution in [2.75, 3.05) is 14.2 Å². The van der Waals surface area contributed by atoms with Gasteiger partial charge in [-0.2, -0.15) is 5.26 Å². The lowest BCUT2D eigenvalue weighted by Gasteiger charge is -2.09. The summed E-state index contributed by atoms with van der Waals surface area (Å²) in [6.45, 7) is 1.78. The molecule has 0 atom stereocenters. The van der Waals surface area contributed by atoms with E-state index in [-0.39, 0.29) is 6.42 Å². The molecule has 2 rings (SSSR count). The maximum Gasteiger partial charge on any atom is 0.234 e. The highest BCUT2D eigenvalue weighted by molar-refractivity contribution is 5.71. The van der Waals surface area contributed by atoms with E-state index in [0.717, 1.165) is 0 Å². The highest BCUT2D eigenvalue weighted by Gasteiger charge is 2.19. The number of nitriles is 1. The van der Waals surface area contributed by atoms with Gasteiger partial charge in [0.2, 0.25) is 5.89 Å². The molecule has 19 heavy (non-hydrogen) atoms. The highest BCUT2D eigenvalue weighted by Crippen LogP contribution is 2.38. The normalized spacial score (nSPS) is 10.0. The van der Waals surface area contributed by atoms with Crippen LogP contribution in [0.1, 0.15) is 11.5 Å². The van der Waals surface area contributed by atoms with Crippen molar-refractivity contribution >= 4 is 0 Å². The number of methoxy groups -OCH3 is 2. The van der Waals surface area contributed by atoms with Gasteiger partial charge >= 0.3 is 0 Å². The minimum absolute atomic E-state index is 0.215. The van der Waals surface area contributed by atoms with E-state index in [4.69, 9.17) is 19.2 Å². The van der Waals surface area contributed by atoms with Crippen LogP contribution in [-0.4, -0.2) is 19.2 Å². The molecule has 0 radical (unpaired) electrons. The molecule has 0 aliphatic carbocycles. The van der Waals surface area contributed by atoms with Crippen molar-refractivity contribution in [1.82, 2.24) is 4.98 Å². The van der Waals surface area contributed by atoms with Gasteiger partial charge in [-0.3, -0.25) is 0 Å². The van der Waals surface area contributed by atoms with Crippen LogP contribution in [0.3, 0.4) is 0 Å². The lowest BCUT2D eigenvalue weighted by atomic mass is 10.1. The van der Waals surface area contributed by atoms with Crippen molar-refractivity contribution in [2.45, 2.75) is 13.3 Å². The lowest BCUT2D eigenvalue weighted by Crippen LogP contribution is -1.93. The molecule has 0 saturated heterocycles. The first-order chi connectivity index (χ1) is 9.21. The second kappa shape index (κ2) is 5.44. The molecule has 0 bridgehead atoms. The molecule has 0 unspecified atom stereocenters. The fourth-order valence-corrected chi connectivity index (χ4v) is 1.84. The zero-order valence-electron chi connectivity index (χ0n) is 11.1. The Bertz CT molecular complexity index is 604. The summed E-state index contributed by atoms with van der Waals surface area (Å²) in [4.78, 5) is 4.34. The van der Waals surface area contributed by atoms with Crippen LogP contribution in [0, 0.1) is 18.3 Å². The Hall–Kier alpha value is -2.48. The van der Waals surface area contributed by atoms with Crippen molar-refractivity contribution < 1.29 is 13.9 Å².